The number of benzene rings is 2. The summed E-state index contributed by atoms with van der Waals surface area (Å²) in [6, 6.07) is 14.7. The van der Waals surface area contributed by atoms with Crippen LogP contribution in [0.1, 0.15) is 28.4 Å². The molecule has 2 rings (SSSR count). The largest absolute Gasteiger partial charge is 0.462 e. The lowest BCUT2D eigenvalue weighted by Gasteiger charge is -2.10. The highest BCUT2D eigenvalue weighted by molar-refractivity contribution is 6.03. The van der Waals surface area contributed by atoms with Gasteiger partial charge in [0.1, 0.15) is 0 Å². The number of ether oxygens (including phenoxy) is 1. The molecule has 23 heavy (non-hydrogen) atoms. The van der Waals surface area contributed by atoms with Gasteiger partial charge in [-0.3, -0.25) is 4.79 Å². The molecule has 0 heterocycles. The number of amides is 1. The fraction of sp³-hybridized carbons (Fsp3) is 0.158. The van der Waals surface area contributed by atoms with E-state index in [0.717, 1.165) is 5.56 Å². The van der Waals surface area contributed by atoms with Gasteiger partial charge in [-0.2, -0.15) is 0 Å². The lowest BCUT2D eigenvalue weighted by molar-refractivity contribution is -0.111. The van der Waals surface area contributed by atoms with Crippen LogP contribution >= 0.6 is 0 Å². The van der Waals surface area contributed by atoms with Crippen LogP contribution in [0.2, 0.25) is 0 Å². The number of hydrogen-bond acceptors (Lipinski definition) is 3. The molecule has 0 saturated carbocycles. The summed E-state index contributed by atoms with van der Waals surface area (Å²) in [5.74, 6) is -0.640. The van der Waals surface area contributed by atoms with E-state index in [1.807, 2.05) is 30.3 Å². The first-order valence-corrected chi connectivity index (χ1v) is 7.42. The average Bonchev–Trinajstić information content (AvgIpc) is 2.56. The summed E-state index contributed by atoms with van der Waals surface area (Å²) < 4.78 is 5.01. The number of esters is 1. The Morgan fingerprint density at radius 3 is 2.52 bits per heavy atom. The molecule has 1 N–H and O–H groups in total. The van der Waals surface area contributed by atoms with Crippen LogP contribution in [0.3, 0.4) is 0 Å². The Morgan fingerprint density at radius 1 is 1.09 bits per heavy atom. The van der Waals surface area contributed by atoms with E-state index in [-0.39, 0.29) is 11.9 Å². The zero-order valence-corrected chi connectivity index (χ0v) is 13.2. The first kappa shape index (κ1) is 16.5. The zero-order chi connectivity index (χ0) is 16.7. The summed E-state index contributed by atoms with van der Waals surface area (Å²) in [6.07, 6.45) is 3.20. The topological polar surface area (TPSA) is 55.4 Å². The molecule has 2 aromatic rings. The molecule has 0 aliphatic carbocycles. The van der Waals surface area contributed by atoms with Crippen LogP contribution in [0, 0.1) is 6.92 Å². The van der Waals surface area contributed by atoms with Crippen molar-refractivity contribution in [3.05, 3.63) is 71.3 Å². The molecule has 0 aliphatic heterocycles. The van der Waals surface area contributed by atoms with Crippen molar-refractivity contribution < 1.29 is 14.3 Å². The maximum Gasteiger partial charge on any atom is 0.338 e. The van der Waals surface area contributed by atoms with Gasteiger partial charge in [-0.05, 0) is 43.2 Å². The molecule has 0 radical (unpaired) electrons. The van der Waals surface area contributed by atoms with E-state index in [2.05, 4.69) is 5.32 Å². The Hall–Kier alpha value is -2.88. The van der Waals surface area contributed by atoms with Crippen LogP contribution in [0.4, 0.5) is 5.69 Å². The molecule has 4 heteroatoms. The van der Waals surface area contributed by atoms with E-state index in [0.29, 0.717) is 23.4 Å². The van der Waals surface area contributed by atoms with Crippen molar-refractivity contribution in [3.63, 3.8) is 0 Å². The third kappa shape index (κ3) is 4.54. The van der Waals surface area contributed by atoms with Gasteiger partial charge < -0.3 is 10.1 Å². The van der Waals surface area contributed by atoms with E-state index < -0.39 is 0 Å². The molecule has 0 fully saturated rings. The molecule has 2 aromatic carbocycles. The molecular weight excluding hydrogens is 290 g/mol. The molecule has 1 amide bonds. The standard InChI is InChI=1S/C19H19NO3/c1-3-23-19(22)16-10-7-11-17(14(16)2)20-18(21)13-12-15-8-5-4-6-9-15/h4-13H,3H2,1-2H3,(H,20,21)/b13-12+. The number of anilines is 1. The van der Waals surface area contributed by atoms with Gasteiger partial charge in [-0.25, -0.2) is 4.79 Å². The molecule has 0 spiro atoms. The Balaban J connectivity index is 2.11. The number of rotatable bonds is 5. The lowest BCUT2D eigenvalue weighted by atomic mass is 10.1. The number of carbonyl (C=O) groups is 2. The third-order valence-corrected chi connectivity index (χ3v) is 3.31. The zero-order valence-electron chi connectivity index (χ0n) is 13.2. The van der Waals surface area contributed by atoms with Gasteiger partial charge in [0.25, 0.3) is 0 Å². The first-order chi connectivity index (χ1) is 11.1. The normalized spacial score (nSPS) is 10.5. The molecule has 0 aromatic heterocycles. The van der Waals surface area contributed by atoms with Crippen LogP contribution in [0.15, 0.2) is 54.6 Å². The molecule has 0 atom stereocenters. The summed E-state index contributed by atoms with van der Waals surface area (Å²) in [7, 11) is 0. The van der Waals surface area contributed by atoms with Crippen molar-refractivity contribution in [2.24, 2.45) is 0 Å². The Kier molecular flexibility index (Phi) is 5.69. The summed E-state index contributed by atoms with van der Waals surface area (Å²) in [5.41, 5.74) is 2.68. The highest BCUT2D eigenvalue weighted by Crippen LogP contribution is 2.20. The van der Waals surface area contributed by atoms with Gasteiger partial charge in [0, 0.05) is 11.8 Å². The van der Waals surface area contributed by atoms with E-state index >= 15 is 0 Å². The smallest absolute Gasteiger partial charge is 0.338 e. The molecule has 0 unspecified atom stereocenters. The molecule has 0 bridgehead atoms. The average molecular weight is 309 g/mol. The first-order valence-electron chi connectivity index (χ1n) is 7.42. The Bertz CT molecular complexity index is 721. The van der Waals surface area contributed by atoms with Crippen LogP contribution in [-0.2, 0) is 9.53 Å². The van der Waals surface area contributed by atoms with Crippen molar-refractivity contribution >= 4 is 23.6 Å². The predicted octanol–water partition coefficient (Wildman–Crippen LogP) is 3.82. The fourth-order valence-corrected chi connectivity index (χ4v) is 2.11. The van der Waals surface area contributed by atoms with Crippen molar-refractivity contribution in [2.75, 3.05) is 11.9 Å². The van der Waals surface area contributed by atoms with Gasteiger partial charge in [0.2, 0.25) is 5.91 Å². The van der Waals surface area contributed by atoms with Crippen molar-refractivity contribution in [1.82, 2.24) is 0 Å². The van der Waals surface area contributed by atoms with E-state index in [1.165, 1.54) is 6.08 Å². The second kappa shape index (κ2) is 7.94. The molecule has 4 nitrogen and oxygen atoms in total. The van der Waals surface area contributed by atoms with Gasteiger partial charge in [0.05, 0.1) is 12.2 Å². The summed E-state index contributed by atoms with van der Waals surface area (Å²) in [4.78, 5) is 23.9. The van der Waals surface area contributed by atoms with Crippen molar-refractivity contribution in [2.45, 2.75) is 13.8 Å². The van der Waals surface area contributed by atoms with Crippen LogP contribution < -0.4 is 5.32 Å². The molecular formula is C19H19NO3. The quantitative estimate of drug-likeness (QED) is 0.674. The second-order valence-corrected chi connectivity index (χ2v) is 4.93. The number of nitrogens with one attached hydrogen (secondary N) is 1. The third-order valence-electron chi connectivity index (χ3n) is 3.31. The summed E-state index contributed by atoms with van der Waals surface area (Å²) >= 11 is 0. The van der Waals surface area contributed by atoms with Gasteiger partial charge in [-0.1, -0.05) is 36.4 Å². The maximum absolute atomic E-state index is 12.0. The van der Waals surface area contributed by atoms with E-state index in [1.54, 1.807) is 38.1 Å². The highest BCUT2D eigenvalue weighted by Gasteiger charge is 2.13. The van der Waals surface area contributed by atoms with E-state index in [9.17, 15) is 9.59 Å². The molecule has 0 aliphatic rings. The monoisotopic (exact) mass is 309 g/mol. The van der Waals surface area contributed by atoms with E-state index in [4.69, 9.17) is 4.74 Å². The number of carbonyl (C=O) groups excluding carboxylic acids is 2. The molecule has 0 saturated heterocycles. The summed E-state index contributed by atoms with van der Waals surface area (Å²) in [5, 5.41) is 2.78. The SMILES string of the molecule is CCOC(=O)c1cccc(NC(=O)/C=C/c2ccccc2)c1C. The maximum atomic E-state index is 12.0. The Morgan fingerprint density at radius 2 is 1.83 bits per heavy atom. The Labute approximate surface area is 135 Å². The lowest BCUT2D eigenvalue weighted by Crippen LogP contribution is -2.12. The van der Waals surface area contributed by atoms with Gasteiger partial charge >= 0.3 is 5.97 Å². The van der Waals surface area contributed by atoms with Crippen molar-refractivity contribution in [3.8, 4) is 0 Å². The minimum atomic E-state index is -0.388. The number of hydrogen-bond donors (Lipinski definition) is 1. The predicted molar refractivity (Wildman–Crippen MR) is 91.2 cm³/mol. The van der Waals surface area contributed by atoms with Crippen LogP contribution in [-0.4, -0.2) is 18.5 Å². The fourth-order valence-electron chi connectivity index (χ4n) is 2.11. The van der Waals surface area contributed by atoms with Gasteiger partial charge in [-0.15, -0.1) is 0 Å². The van der Waals surface area contributed by atoms with Crippen LogP contribution in [0.25, 0.3) is 6.08 Å². The minimum Gasteiger partial charge on any atom is -0.462 e. The van der Waals surface area contributed by atoms with Crippen LogP contribution in [0.5, 0.6) is 0 Å². The van der Waals surface area contributed by atoms with Gasteiger partial charge in [0.15, 0.2) is 0 Å². The van der Waals surface area contributed by atoms with Crippen molar-refractivity contribution in [1.29, 1.82) is 0 Å². The second-order valence-electron chi connectivity index (χ2n) is 4.93. The minimum absolute atomic E-state index is 0.252. The summed E-state index contributed by atoms with van der Waals surface area (Å²) in [6.45, 7) is 3.85. The molecule has 118 valence electrons. The highest BCUT2D eigenvalue weighted by atomic mass is 16.5.